The van der Waals surface area contributed by atoms with Gasteiger partial charge in [-0.1, -0.05) is 109 Å². The fourth-order valence-electron chi connectivity index (χ4n) is 9.00. The van der Waals surface area contributed by atoms with Crippen molar-refractivity contribution in [2.24, 2.45) is 0 Å². The molecule has 1 spiro atoms. The highest BCUT2D eigenvalue weighted by Crippen LogP contribution is 2.63. The van der Waals surface area contributed by atoms with Gasteiger partial charge in [-0.05, 0) is 109 Å². The highest BCUT2D eigenvalue weighted by atomic mass is 16.8. The zero-order valence-corrected chi connectivity index (χ0v) is 33.9. The molecule has 9 nitrogen and oxygen atoms in total. The minimum atomic E-state index is -0.926. The van der Waals surface area contributed by atoms with Crippen LogP contribution in [0, 0.1) is 0 Å². The Labute approximate surface area is 351 Å². The van der Waals surface area contributed by atoms with E-state index in [2.05, 4.69) is 0 Å². The van der Waals surface area contributed by atoms with E-state index >= 15 is 4.79 Å². The van der Waals surface area contributed by atoms with Crippen molar-refractivity contribution in [2.45, 2.75) is 88.5 Å². The van der Waals surface area contributed by atoms with E-state index in [1.807, 2.05) is 157 Å². The summed E-state index contributed by atoms with van der Waals surface area (Å²) in [6, 6.07) is 50.0. The van der Waals surface area contributed by atoms with Crippen LogP contribution in [0.15, 0.2) is 158 Å². The van der Waals surface area contributed by atoms with Crippen molar-refractivity contribution in [3.05, 3.63) is 191 Å². The summed E-state index contributed by atoms with van der Waals surface area (Å²) in [6.07, 6.45) is 0.165. The highest BCUT2D eigenvalue weighted by molar-refractivity contribution is 5.78. The molecule has 0 radical (unpaired) electrons. The molecule has 2 heterocycles. The predicted molar refractivity (Wildman–Crippen MR) is 229 cm³/mol. The molecule has 1 aliphatic carbocycles. The van der Waals surface area contributed by atoms with Crippen LogP contribution in [-0.2, 0) is 42.2 Å². The molecule has 6 aromatic rings. The number of phenolic OH excluding ortho intramolecular Hbond substituents is 2. The van der Waals surface area contributed by atoms with Crippen LogP contribution in [0.3, 0.4) is 0 Å². The lowest BCUT2D eigenvalue weighted by Crippen LogP contribution is -2.52. The predicted octanol–water partition coefficient (Wildman–Crippen LogP) is 9.75. The summed E-state index contributed by atoms with van der Waals surface area (Å²) in [5, 5.41) is 20.5. The van der Waals surface area contributed by atoms with Gasteiger partial charge in [0.05, 0.1) is 11.6 Å². The topological polar surface area (TPSA) is 101 Å². The van der Waals surface area contributed by atoms with Crippen molar-refractivity contribution in [1.29, 1.82) is 0 Å². The number of carbonyl (C=O) groups is 1. The average molecular weight is 803 g/mol. The van der Waals surface area contributed by atoms with Gasteiger partial charge in [-0.25, -0.2) is 4.79 Å². The number of nitrogens with zero attached hydrogens (tertiary/aromatic N) is 2. The van der Waals surface area contributed by atoms with Crippen LogP contribution in [-0.4, -0.2) is 55.6 Å². The van der Waals surface area contributed by atoms with Gasteiger partial charge in [-0.15, -0.1) is 0 Å². The molecular weight excluding hydrogens is 753 g/mol. The van der Waals surface area contributed by atoms with E-state index in [0.717, 1.165) is 44.9 Å². The Hall–Kier alpha value is -6.29. The second kappa shape index (κ2) is 16.4. The first-order valence-electron chi connectivity index (χ1n) is 20.7. The maximum atomic E-state index is 15.8. The number of hydrogen-bond donors (Lipinski definition) is 2. The molecule has 3 fully saturated rings. The third-order valence-electron chi connectivity index (χ3n) is 12.1. The Kier molecular flexibility index (Phi) is 10.7. The first kappa shape index (κ1) is 39.2. The van der Waals surface area contributed by atoms with E-state index in [1.165, 1.54) is 0 Å². The van der Waals surface area contributed by atoms with Crippen LogP contribution in [0.2, 0.25) is 0 Å². The second-order valence-electron chi connectivity index (χ2n) is 16.6. The molecule has 9 heteroatoms. The summed E-state index contributed by atoms with van der Waals surface area (Å²) in [6.45, 7) is 5.45. The third kappa shape index (κ3) is 8.28. The van der Waals surface area contributed by atoms with Crippen molar-refractivity contribution >= 4 is 6.03 Å². The zero-order chi connectivity index (χ0) is 41.3. The smallest absolute Gasteiger partial charge is 0.321 e. The normalized spacial score (nSPS) is 22.9. The summed E-state index contributed by atoms with van der Waals surface area (Å²) in [7, 11) is 0. The number of carbonyl (C=O) groups excluding carboxylic acids is 1. The van der Waals surface area contributed by atoms with E-state index in [9.17, 15) is 10.2 Å². The van der Waals surface area contributed by atoms with Crippen molar-refractivity contribution in [3.63, 3.8) is 0 Å². The largest absolute Gasteiger partial charge is 0.508 e. The highest BCUT2D eigenvalue weighted by Gasteiger charge is 2.72. The van der Waals surface area contributed by atoms with Gasteiger partial charge in [0.1, 0.15) is 48.4 Å². The third-order valence-corrected chi connectivity index (χ3v) is 12.1. The Morgan fingerprint density at radius 3 is 1.65 bits per heavy atom. The first-order valence-corrected chi connectivity index (χ1v) is 20.7. The summed E-state index contributed by atoms with van der Waals surface area (Å²) < 4.78 is 26.2. The first-order chi connectivity index (χ1) is 29.1. The Morgan fingerprint density at radius 1 is 0.600 bits per heavy atom. The molecule has 2 amide bonds. The van der Waals surface area contributed by atoms with Crippen LogP contribution >= 0.6 is 0 Å². The molecule has 306 valence electrons. The Bertz CT molecular complexity index is 2370. The molecule has 2 aliphatic heterocycles. The van der Waals surface area contributed by atoms with Gasteiger partial charge >= 0.3 is 6.03 Å². The van der Waals surface area contributed by atoms with E-state index in [-0.39, 0.29) is 23.4 Å². The maximum absolute atomic E-state index is 15.8. The molecule has 9 rings (SSSR count). The number of ether oxygens (including phenoxy) is 4. The molecular formula is C51H50N2O7. The number of aromatic hydroxyl groups is 2. The van der Waals surface area contributed by atoms with Gasteiger partial charge in [0.25, 0.3) is 0 Å². The molecule has 5 atom stereocenters. The SMILES string of the molecule is CC1(C)O[C@H]2[C@@H](Cc3ccc(O)cc3)N(Cc3ccc(OCc4ccccc4)cc3)C(=O)N(Cc3ccc(OCc4ccccc4)cc3)C3(C[C@@H]3c3ccc(O)cc3)[C@@H]2O1. The van der Waals surface area contributed by atoms with E-state index in [1.54, 1.807) is 24.3 Å². The van der Waals surface area contributed by atoms with Gasteiger partial charge in [-0.2, -0.15) is 0 Å². The summed E-state index contributed by atoms with van der Waals surface area (Å²) in [4.78, 5) is 19.7. The number of benzene rings is 6. The van der Waals surface area contributed by atoms with Gasteiger partial charge in [0.15, 0.2) is 5.79 Å². The van der Waals surface area contributed by atoms with Crippen molar-refractivity contribution in [2.75, 3.05) is 0 Å². The number of rotatable bonds is 13. The van der Waals surface area contributed by atoms with Crippen LogP contribution in [0.25, 0.3) is 0 Å². The molecule has 60 heavy (non-hydrogen) atoms. The van der Waals surface area contributed by atoms with Gasteiger partial charge in [-0.3, -0.25) is 0 Å². The number of hydrogen-bond acceptors (Lipinski definition) is 7. The monoisotopic (exact) mass is 802 g/mol. The summed E-state index contributed by atoms with van der Waals surface area (Å²) in [5.74, 6) is 0.854. The van der Waals surface area contributed by atoms with E-state index < -0.39 is 29.6 Å². The van der Waals surface area contributed by atoms with Gasteiger partial charge in [0, 0.05) is 19.0 Å². The number of urea groups is 1. The fraction of sp³-hybridized carbons (Fsp3) is 0.275. The lowest BCUT2D eigenvalue weighted by Gasteiger charge is -2.38. The second-order valence-corrected chi connectivity index (χ2v) is 16.6. The molecule has 2 N–H and O–H groups in total. The van der Waals surface area contributed by atoms with Crippen molar-refractivity contribution in [1.82, 2.24) is 9.80 Å². The molecule has 1 saturated carbocycles. The standard InChI is InChI=1S/C51H50N2O7/c1-50(2)59-47-46(29-35-13-21-41(54)22-14-35)52(31-36-15-25-43(26-16-36)57-33-38-9-5-3-6-10-38)49(56)53(51(48(47)60-50)30-45(51)40-19-23-42(55)24-20-40)32-37-17-27-44(28-18-37)58-34-39-11-7-4-8-12-39/h3-28,45-48,54-55H,29-34H2,1-2H3/t45-,46-,47+,48-,51?/m1/s1. The van der Waals surface area contributed by atoms with Crippen molar-refractivity contribution < 1.29 is 34.0 Å². The number of fused-ring (bicyclic) bond motifs is 2. The van der Waals surface area contributed by atoms with Crippen LogP contribution in [0.4, 0.5) is 4.79 Å². The lowest BCUT2D eigenvalue weighted by molar-refractivity contribution is -0.159. The molecule has 6 aromatic carbocycles. The minimum absolute atomic E-state index is 0.0733. The van der Waals surface area contributed by atoms with Gasteiger partial charge < -0.3 is 39.0 Å². The lowest BCUT2D eigenvalue weighted by atomic mass is 9.90. The average Bonchev–Trinajstić information content (AvgIpc) is 3.94. The minimum Gasteiger partial charge on any atom is -0.508 e. The molecule has 2 saturated heterocycles. The fourth-order valence-corrected chi connectivity index (χ4v) is 9.00. The number of phenols is 2. The van der Waals surface area contributed by atoms with Crippen LogP contribution in [0.5, 0.6) is 23.0 Å². The zero-order valence-electron chi connectivity index (χ0n) is 33.9. The molecule has 3 aliphatic rings. The molecule has 1 unspecified atom stereocenters. The van der Waals surface area contributed by atoms with E-state index in [4.69, 9.17) is 18.9 Å². The van der Waals surface area contributed by atoms with Gasteiger partial charge in [0.2, 0.25) is 0 Å². The maximum Gasteiger partial charge on any atom is 0.321 e. The molecule has 0 aromatic heterocycles. The summed E-state index contributed by atoms with van der Waals surface area (Å²) in [5.41, 5.74) is 5.30. The quantitative estimate of drug-likeness (QED) is 0.120. The van der Waals surface area contributed by atoms with Crippen LogP contribution in [0.1, 0.15) is 59.6 Å². The van der Waals surface area contributed by atoms with E-state index in [0.29, 0.717) is 39.1 Å². The Morgan fingerprint density at radius 2 is 1.10 bits per heavy atom. The van der Waals surface area contributed by atoms with Crippen molar-refractivity contribution in [3.8, 4) is 23.0 Å². The summed E-state index contributed by atoms with van der Waals surface area (Å²) >= 11 is 0. The Balaban J connectivity index is 1.09. The number of amides is 2. The molecule has 0 bridgehead atoms. The van der Waals surface area contributed by atoms with Crippen LogP contribution < -0.4 is 9.47 Å².